The van der Waals surface area contributed by atoms with Crippen LogP contribution in [-0.2, 0) is 52.3 Å². The number of nitrogens with two attached hydrogens (primary N) is 3. The summed E-state index contributed by atoms with van der Waals surface area (Å²) in [5.74, 6) is -2.82. The first kappa shape index (κ1) is 84.0. The third kappa shape index (κ3) is 19.9. The fourth-order valence-electron chi connectivity index (χ4n) is 13.4. The lowest BCUT2D eigenvalue weighted by molar-refractivity contribution is -0.277. The van der Waals surface area contributed by atoms with Gasteiger partial charge in [0, 0.05) is 36.0 Å². The van der Waals surface area contributed by atoms with Crippen molar-refractivity contribution in [3.8, 4) is 52.4 Å². The highest BCUT2D eigenvalue weighted by molar-refractivity contribution is 5.70. The third-order valence-electron chi connectivity index (χ3n) is 20.2. The van der Waals surface area contributed by atoms with E-state index in [1.807, 2.05) is 36.4 Å². The molecule has 6 atom stereocenters. The standard InChI is InChI=1S/3C27H33F3N4O3/c3*1-16-13-20(31)21-23-33-34-24(37-23)26(35,27(28,29)30)12-7-5-6-11-19(36-22(16)32-21)15-17-9-8-10-18(14-17)25(2,3)4/h3*8-10,13-14,19,35H,5-7,11-12,15,31H2,1-4H3/t3*19?,26-/m111/s1. The predicted molar refractivity (Wildman–Crippen MR) is 399 cm³/mol. The molecule has 0 aliphatic carbocycles. The van der Waals surface area contributed by atoms with E-state index < -0.39 is 72.3 Å². The number of halogens is 9. The Hall–Kier alpha value is -9.42. The van der Waals surface area contributed by atoms with Crippen LogP contribution in [-0.4, -0.2) is 97.7 Å². The van der Waals surface area contributed by atoms with E-state index in [2.05, 4.69) is 144 Å². The fraction of sp³-hybridized carbons (Fsp3) is 0.519. The van der Waals surface area contributed by atoms with Gasteiger partial charge in [0.15, 0.2) is 17.1 Å². The highest BCUT2D eigenvalue weighted by atomic mass is 19.4. The maximum Gasteiger partial charge on any atom is 0.426 e. The molecule has 9 heterocycles. The minimum Gasteiger partial charge on any atom is -0.474 e. The van der Waals surface area contributed by atoms with E-state index in [-0.39, 0.29) is 106 Å². The van der Waals surface area contributed by atoms with Gasteiger partial charge in [-0.25, -0.2) is 15.0 Å². The number of aryl methyl sites for hydroxylation is 3. The fourth-order valence-corrected chi connectivity index (χ4v) is 13.4. The monoisotopic (exact) mass is 1550 g/mol. The molecule has 9 aromatic rings. The number of pyridine rings is 3. The molecule has 6 aromatic heterocycles. The second-order valence-electron chi connectivity index (χ2n) is 32.4. The number of nitrogen functional groups attached to an aromatic ring is 3. The van der Waals surface area contributed by atoms with Crippen LogP contribution in [0.15, 0.2) is 104 Å². The van der Waals surface area contributed by atoms with Crippen LogP contribution in [0, 0.1) is 20.8 Å². The van der Waals surface area contributed by atoms with Crippen LogP contribution in [0.2, 0.25) is 0 Å². The molecule has 12 rings (SSSR count). The quantitative estimate of drug-likeness (QED) is 0.0842. The molecule has 3 aromatic carbocycles. The molecule has 3 aliphatic rings. The number of aromatic nitrogens is 9. The van der Waals surface area contributed by atoms with Gasteiger partial charge in [0.2, 0.25) is 34.4 Å². The van der Waals surface area contributed by atoms with Crippen molar-refractivity contribution in [2.45, 2.75) is 269 Å². The van der Waals surface area contributed by atoms with E-state index >= 15 is 0 Å². The number of nitrogens with zero attached hydrogens (tertiary/aromatic N) is 9. The van der Waals surface area contributed by atoms with Gasteiger partial charge in [-0.15, -0.1) is 30.6 Å². The second kappa shape index (κ2) is 33.1. The molecule has 0 radical (unpaired) electrons. The first-order valence-electron chi connectivity index (χ1n) is 37.3. The van der Waals surface area contributed by atoms with Crippen molar-refractivity contribution in [1.29, 1.82) is 0 Å². The van der Waals surface area contributed by atoms with Gasteiger partial charge in [0.1, 0.15) is 18.3 Å². The number of benzene rings is 3. The van der Waals surface area contributed by atoms with E-state index in [0.29, 0.717) is 111 Å². The summed E-state index contributed by atoms with van der Waals surface area (Å²) in [5, 5.41) is 53.5. The summed E-state index contributed by atoms with van der Waals surface area (Å²) in [6.45, 7) is 24.7. The number of aliphatic hydroxyl groups is 3. The number of hydrogen-bond acceptors (Lipinski definition) is 21. The lowest BCUT2D eigenvalue weighted by Gasteiger charge is -2.27. The summed E-state index contributed by atoms with van der Waals surface area (Å²) in [6.07, 6.45) is -10.5. The molecule has 0 spiro atoms. The summed E-state index contributed by atoms with van der Waals surface area (Å²) in [5.41, 5.74) is 17.9. The molecule has 0 saturated heterocycles. The first-order chi connectivity index (χ1) is 51.8. The molecule has 0 saturated carbocycles. The average molecular weight is 1560 g/mol. The summed E-state index contributed by atoms with van der Waals surface area (Å²) in [6, 6.07) is 29.8. The molecule has 111 heavy (non-hydrogen) atoms. The van der Waals surface area contributed by atoms with Gasteiger partial charge in [-0.1, -0.05) is 154 Å². The van der Waals surface area contributed by atoms with Gasteiger partial charge >= 0.3 is 18.5 Å². The molecule has 3 unspecified atom stereocenters. The summed E-state index contributed by atoms with van der Waals surface area (Å²) in [4.78, 5) is 13.4. The first-order valence-corrected chi connectivity index (χ1v) is 37.3. The van der Waals surface area contributed by atoms with Crippen molar-refractivity contribution in [2.75, 3.05) is 17.2 Å². The van der Waals surface area contributed by atoms with Crippen molar-refractivity contribution >= 4 is 17.1 Å². The Kier molecular flexibility index (Phi) is 25.1. The predicted octanol–water partition coefficient (Wildman–Crippen LogP) is 18.1. The number of hydrogen-bond donors (Lipinski definition) is 6. The van der Waals surface area contributed by atoms with Gasteiger partial charge in [-0.2, -0.15) is 39.5 Å². The minimum atomic E-state index is -4.99. The number of anilines is 3. The minimum absolute atomic E-state index is 0.00872. The maximum atomic E-state index is 13.9. The Morgan fingerprint density at radius 2 is 0.622 bits per heavy atom. The smallest absolute Gasteiger partial charge is 0.426 e. The van der Waals surface area contributed by atoms with Crippen molar-refractivity contribution < 1.29 is 82.3 Å². The van der Waals surface area contributed by atoms with Crippen LogP contribution < -0.4 is 31.4 Å². The Labute approximate surface area is 639 Å². The number of fused-ring (bicyclic) bond motifs is 15. The van der Waals surface area contributed by atoms with Crippen molar-refractivity contribution in [3.05, 3.63) is 159 Å². The normalized spacial score (nSPS) is 21.2. The Morgan fingerprint density at radius 1 is 0.369 bits per heavy atom. The van der Waals surface area contributed by atoms with Gasteiger partial charge in [0.05, 0.1) is 17.1 Å². The summed E-state index contributed by atoms with van der Waals surface area (Å²) in [7, 11) is 0. The van der Waals surface area contributed by atoms with Gasteiger partial charge < -0.3 is 60.0 Å². The van der Waals surface area contributed by atoms with Crippen LogP contribution in [0.1, 0.15) is 226 Å². The zero-order valence-corrected chi connectivity index (χ0v) is 64.6. The molecule has 30 heteroatoms. The largest absolute Gasteiger partial charge is 0.474 e. The highest BCUT2D eigenvalue weighted by Crippen LogP contribution is 2.48. The van der Waals surface area contributed by atoms with Gasteiger partial charge in [0.25, 0.3) is 35.3 Å². The van der Waals surface area contributed by atoms with E-state index in [9.17, 15) is 54.8 Å². The van der Waals surface area contributed by atoms with E-state index in [0.717, 1.165) is 16.7 Å². The average Bonchev–Trinajstić information content (AvgIpc) is 1.67. The summed E-state index contributed by atoms with van der Waals surface area (Å²) < 4.78 is 160. The molecule has 12 bridgehead atoms. The molecule has 21 nitrogen and oxygen atoms in total. The third-order valence-corrected chi connectivity index (χ3v) is 20.2. The molecular formula is C81H99F9N12O9. The van der Waals surface area contributed by atoms with Gasteiger partial charge in [-0.05, 0) is 166 Å². The van der Waals surface area contributed by atoms with Gasteiger partial charge in [-0.3, -0.25) is 0 Å². The zero-order valence-electron chi connectivity index (χ0n) is 64.6. The van der Waals surface area contributed by atoms with E-state index in [1.165, 1.54) is 16.7 Å². The molecule has 0 amide bonds. The Morgan fingerprint density at radius 3 is 0.856 bits per heavy atom. The number of rotatable bonds is 6. The molecular weight excluding hydrogens is 1460 g/mol. The molecule has 0 fully saturated rings. The number of alkyl halides is 9. The summed E-state index contributed by atoms with van der Waals surface area (Å²) >= 11 is 0. The lowest BCUT2D eigenvalue weighted by atomic mass is 9.85. The van der Waals surface area contributed by atoms with Crippen LogP contribution in [0.3, 0.4) is 0 Å². The lowest BCUT2D eigenvalue weighted by Crippen LogP contribution is -2.42. The van der Waals surface area contributed by atoms with Crippen LogP contribution in [0.25, 0.3) is 34.8 Å². The molecule has 600 valence electrons. The van der Waals surface area contributed by atoms with Crippen molar-refractivity contribution in [1.82, 2.24) is 45.5 Å². The van der Waals surface area contributed by atoms with Crippen molar-refractivity contribution in [3.63, 3.8) is 0 Å². The van der Waals surface area contributed by atoms with Crippen molar-refractivity contribution in [2.24, 2.45) is 0 Å². The topological polar surface area (TPSA) is 322 Å². The number of ether oxygens (including phenoxy) is 3. The maximum absolute atomic E-state index is 13.9. The second-order valence-corrected chi connectivity index (χ2v) is 32.4. The Bertz CT molecular complexity index is 4220. The zero-order chi connectivity index (χ0) is 81.0. The Balaban J connectivity index is 0.000000177. The molecule has 9 N–H and O–H groups in total. The molecule has 3 aliphatic heterocycles. The van der Waals surface area contributed by atoms with Crippen LogP contribution >= 0.6 is 0 Å². The van der Waals surface area contributed by atoms with E-state index in [1.54, 1.807) is 39.0 Å². The van der Waals surface area contributed by atoms with Crippen LogP contribution in [0.4, 0.5) is 56.6 Å². The van der Waals surface area contributed by atoms with E-state index in [4.69, 9.17) is 44.7 Å². The SMILES string of the molecule is Cc1cc(N)c2nc1OC(Cc1cccc(C(C)(C)C)c1)CCCCC[C@](O)(C(F)(F)F)c1nnc-2o1.Cc1cc(N)c2nc1OC(Cc1cccc(C(C)(C)C)c1)CCCCC[C@](O)(C(F)(F)F)c1nnc-2o1.Cc1cc(N)c2nc1OC(Cc1cccc(C(C)(C)C)c1)CCCCC[C@](O)(C(F)(F)F)c1nnc-2o1. The van der Waals surface area contributed by atoms with Crippen LogP contribution in [0.5, 0.6) is 17.6 Å². The highest BCUT2D eigenvalue weighted by Gasteiger charge is 2.61.